The maximum Gasteiger partial charge on any atom is 0.161 e. The van der Waals surface area contributed by atoms with Crippen LogP contribution in [0.4, 0.5) is 0 Å². The smallest absolute Gasteiger partial charge is 0.161 e. The van der Waals surface area contributed by atoms with Crippen molar-refractivity contribution in [1.82, 2.24) is 0 Å². The van der Waals surface area contributed by atoms with Gasteiger partial charge in [-0.05, 0) is 24.6 Å². The summed E-state index contributed by atoms with van der Waals surface area (Å²) in [7, 11) is 1.63. The molecule has 0 fully saturated rings. The molecule has 0 bridgehead atoms. The number of halogens is 1. The first-order valence-electron chi connectivity index (χ1n) is 4.85. The van der Waals surface area contributed by atoms with Crippen LogP contribution in [0.15, 0.2) is 24.3 Å². The minimum Gasteiger partial charge on any atom is -0.493 e. The molecule has 0 atom stereocenters. The molecule has 0 radical (unpaired) electrons. The van der Waals surface area contributed by atoms with Crippen LogP contribution < -0.4 is 9.47 Å². The van der Waals surface area contributed by atoms with Gasteiger partial charge < -0.3 is 9.47 Å². The Balaban J connectivity index is 2.93. The Hall–Kier alpha value is -1.15. The summed E-state index contributed by atoms with van der Waals surface area (Å²) in [4.78, 5) is 0. The third-order valence-electron chi connectivity index (χ3n) is 1.89. The summed E-state index contributed by atoms with van der Waals surface area (Å²) >= 11 is 5.57. The highest BCUT2D eigenvalue weighted by Crippen LogP contribution is 2.28. The lowest BCUT2D eigenvalue weighted by atomic mass is 10.2. The van der Waals surface area contributed by atoms with Gasteiger partial charge in [0.15, 0.2) is 11.5 Å². The van der Waals surface area contributed by atoms with E-state index in [0.717, 1.165) is 17.1 Å². The number of ether oxygens (including phenoxy) is 2. The zero-order chi connectivity index (χ0) is 11.1. The van der Waals surface area contributed by atoms with Gasteiger partial charge in [-0.15, -0.1) is 11.6 Å². The van der Waals surface area contributed by atoms with Crippen molar-refractivity contribution in [3.63, 3.8) is 0 Å². The van der Waals surface area contributed by atoms with Crippen molar-refractivity contribution in [3.8, 4) is 11.5 Å². The third-order valence-corrected chi connectivity index (χ3v) is 2.07. The van der Waals surface area contributed by atoms with Gasteiger partial charge in [0.05, 0.1) is 13.7 Å². The Morgan fingerprint density at radius 3 is 2.73 bits per heavy atom. The average molecular weight is 227 g/mol. The van der Waals surface area contributed by atoms with Crippen molar-refractivity contribution in [2.45, 2.75) is 6.92 Å². The molecule has 0 spiro atoms. The first-order valence-corrected chi connectivity index (χ1v) is 5.38. The summed E-state index contributed by atoms with van der Waals surface area (Å²) in [6, 6.07) is 5.79. The quantitative estimate of drug-likeness (QED) is 0.717. The largest absolute Gasteiger partial charge is 0.493 e. The number of benzene rings is 1. The standard InChI is InChI=1S/C12H15ClO2/c1-3-15-12-9-10(5-4-8-13)6-7-11(12)14-2/h4-7,9H,3,8H2,1-2H3. The van der Waals surface area contributed by atoms with Crippen LogP contribution in [0.5, 0.6) is 11.5 Å². The highest BCUT2D eigenvalue weighted by molar-refractivity contribution is 6.19. The fraction of sp³-hybridized carbons (Fsp3) is 0.333. The summed E-state index contributed by atoms with van der Waals surface area (Å²) < 4.78 is 10.6. The lowest BCUT2D eigenvalue weighted by Gasteiger charge is -2.09. The fourth-order valence-electron chi connectivity index (χ4n) is 1.25. The SMILES string of the molecule is CCOc1cc(C=CCCl)ccc1OC. The predicted octanol–water partition coefficient (Wildman–Crippen LogP) is 3.35. The second-order valence-electron chi connectivity index (χ2n) is 2.90. The second-order valence-corrected chi connectivity index (χ2v) is 3.21. The monoisotopic (exact) mass is 226 g/mol. The van der Waals surface area contributed by atoms with Crippen LogP contribution in [0.3, 0.4) is 0 Å². The number of alkyl halides is 1. The molecule has 0 aliphatic carbocycles. The van der Waals surface area contributed by atoms with Gasteiger partial charge in [-0.1, -0.05) is 18.2 Å². The average Bonchev–Trinajstić information content (AvgIpc) is 2.27. The van der Waals surface area contributed by atoms with Crippen molar-refractivity contribution < 1.29 is 9.47 Å². The van der Waals surface area contributed by atoms with E-state index >= 15 is 0 Å². The Labute approximate surface area is 95.5 Å². The molecule has 0 aliphatic heterocycles. The summed E-state index contributed by atoms with van der Waals surface area (Å²) in [5, 5.41) is 0. The topological polar surface area (TPSA) is 18.5 Å². The number of rotatable bonds is 5. The number of hydrogen-bond donors (Lipinski definition) is 0. The molecular formula is C12H15ClO2. The van der Waals surface area contributed by atoms with E-state index in [2.05, 4.69) is 0 Å². The number of allylic oxidation sites excluding steroid dienone is 1. The van der Waals surface area contributed by atoms with Crippen LogP contribution in [0.1, 0.15) is 12.5 Å². The molecule has 1 rings (SSSR count). The van der Waals surface area contributed by atoms with Crippen molar-refractivity contribution in [2.24, 2.45) is 0 Å². The molecule has 3 heteroatoms. The summed E-state index contributed by atoms with van der Waals surface area (Å²) in [5.41, 5.74) is 1.06. The van der Waals surface area contributed by atoms with E-state index in [0.29, 0.717) is 12.5 Å². The molecule has 0 aromatic heterocycles. The lowest BCUT2D eigenvalue weighted by molar-refractivity contribution is 0.311. The minimum atomic E-state index is 0.510. The van der Waals surface area contributed by atoms with Crippen molar-refractivity contribution in [1.29, 1.82) is 0 Å². The van der Waals surface area contributed by atoms with Gasteiger partial charge in [-0.3, -0.25) is 0 Å². The van der Waals surface area contributed by atoms with Crippen LogP contribution in [-0.4, -0.2) is 19.6 Å². The summed E-state index contributed by atoms with van der Waals surface area (Å²) in [6.07, 6.45) is 3.84. The highest BCUT2D eigenvalue weighted by Gasteiger charge is 2.03. The van der Waals surface area contributed by atoms with Crippen LogP contribution >= 0.6 is 11.6 Å². The fourth-order valence-corrected chi connectivity index (χ4v) is 1.33. The van der Waals surface area contributed by atoms with Crippen LogP contribution in [0, 0.1) is 0 Å². The van der Waals surface area contributed by atoms with Crippen molar-refractivity contribution in [3.05, 3.63) is 29.8 Å². The van der Waals surface area contributed by atoms with Gasteiger partial charge >= 0.3 is 0 Å². The molecule has 0 unspecified atom stereocenters. The molecule has 0 heterocycles. The molecule has 0 saturated carbocycles. The van der Waals surface area contributed by atoms with Crippen molar-refractivity contribution >= 4 is 17.7 Å². The molecule has 0 aliphatic rings. The van der Waals surface area contributed by atoms with Gasteiger partial charge in [-0.2, -0.15) is 0 Å². The van der Waals surface area contributed by atoms with Gasteiger partial charge in [0.25, 0.3) is 0 Å². The second kappa shape index (κ2) is 6.36. The van der Waals surface area contributed by atoms with Gasteiger partial charge in [0.1, 0.15) is 0 Å². The maximum absolute atomic E-state index is 5.57. The van der Waals surface area contributed by atoms with Crippen LogP contribution in [-0.2, 0) is 0 Å². The maximum atomic E-state index is 5.57. The number of methoxy groups -OCH3 is 1. The van der Waals surface area contributed by atoms with E-state index in [1.807, 2.05) is 37.3 Å². The lowest BCUT2D eigenvalue weighted by Crippen LogP contribution is -1.95. The first-order chi connectivity index (χ1) is 7.31. The molecule has 1 aromatic rings. The van der Waals surface area contributed by atoms with E-state index in [9.17, 15) is 0 Å². The van der Waals surface area contributed by atoms with E-state index in [1.165, 1.54) is 0 Å². The summed E-state index contributed by atoms with van der Waals surface area (Å²) in [5.74, 6) is 2.02. The zero-order valence-electron chi connectivity index (χ0n) is 9.00. The van der Waals surface area contributed by atoms with Crippen LogP contribution in [0.2, 0.25) is 0 Å². The number of hydrogen-bond acceptors (Lipinski definition) is 2. The molecule has 2 nitrogen and oxygen atoms in total. The third kappa shape index (κ3) is 3.48. The minimum absolute atomic E-state index is 0.510. The molecule has 82 valence electrons. The van der Waals surface area contributed by atoms with Gasteiger partial charge in [0, 0.05) is 5.88 Å². The Morgan fingerprint density at radius 2 is 2.13 bits per heavy atom. The van der Waals surface area contributed by atoms with E-state index < -0.39 is 0 Å². The first kappa shape index (κ1) is 11.9. The Kier molecular flexibility index (Phi) is 5.05. The van der Waals surface area contributed by atoms with Crippen molar-refractivity contribution in [2.75, 3.05) is 19.6 Å². The van der Waals surface area contributed by atoms with Gasteiger partial charge in [0.2, 0.25) is 0 Å². The molecule has 0 saturated heterocycles. The molecule has 0 N–H and O–H groups in total. The van der Waals surface area contributed by atoms with Crippen LogP contribution in [0.25, 0.3) is 6.08 Å². The molecule has 15 heavy (non-hydrogen) atoms. The highest BCUT2D eigenvalue weighted by atomic mass is 35.5. The molecule has 1 aromatic carbocycles. The Bertz CT molecular complexity index is 334. The summed E-state index contributed by atoms with van der Waals surface area (Å²) in [6.45, 7) is 2.57. The van der Waals surface area contributed by atoms with E-state index in [4.69, 9.17) is 21.1 Å². The predicted molar refractivity (Wildman–Crippen MR) is 63.9 cm³/mol. The molecular weight excluding hydrogens is 212 g/mol. The van der Waals surface area contributed by atoms with E-state index in [-0.39, 0.29) is 0 Å². The molecule has 0 amide bonds. The van der Waals surface area contributed by atoms with Gasteiger partial charge in [-0.25, -0.2) is 0 Å². The Morgan fingerprint density at radius 1 is 1.33 bits per heavy atom. The van der Waals surface area contributed by atoms with E-state index in [1.54, 1.807) is 7.11 Å². The zero-order valence-corrected chi connectivity index (χ0v) is 9.75. The normalized spacial score (nSPS) is 10.6.